The van der Waals surface area contributed by atoms with Crippen LogP contribution in [0.25, 0.3) is 11.5 Å². The van der Waals surface area contributed by atoms with Gasteiger partial charge in [0.2, 0.25) is 21.7 Å². The minimum Gasteiger partial charge on any atom is -0.339 e. The maximum absolute atomic E-state index is 13.0. The van der Waals surface area contributed by atoms with E-state index in [-0.39, 0.29) is 23.9 Å². The van der Waals surface area contributed by atoms with Crippen molar-refractivity contribution in [3.63, 3.8) is 0 Å². The molecule has 0 saturated carbocycles. The first-order valence-corrected chi connectivity index (χ1v) is 8.84. The molecular formula is C15H12FN5O3S. The van der Waals surface area contributed by atoms with Gasteiger partial charge < -0.3 is 4.52 Å². The molecule has 1 aliphatic rings. The van der Waals surface area contributed by atoms with Gasteiger partial charge >= 0.3 is 0 Å². The zero-order valence-corrected chi connectivity index (χ0v) is 13.6. The fraction of sp³-hybridized carbons (Fsp3) is 0.200. The second-order valence-corrected chi connectivity index (χ2v) is 7.46. The van der Waals surface area contributed by atoms with E-state index < -0.39 is 15.8 Å². The van der Waals surface area contributed by atoms with Crippen molar-refractivity contribution in [3.05, 3.63) is 54.6 Å². The van der Waals surface area contributed by atoms with Crippen LogP contribution >= 0.6 is 0 Å². The van der Waals surface area contributed by atoms with E-state index in [9.17, 15) is 12.8 Å². The molecule has 0 unspecified atom stereocenters. The zero-order valence-electron chi connectivity index (χ0n) is 12.8. The molecule has 1 aromatic carbocycles. The Morgan fingerprint density at radius 3 is 2.60 bits per heavy atom. The fourth-order valence-electron chi connectivity index (χ4n) is 2.47. The summed E-state index contributed by atoms with van der Waals surface area (Å²) in [6.45, 7) is 0.448. The number of aromatic nitrogens is 4. The molecule has 0 bridgehead atoms. The van der Waals surface area contributed by atoms with Crippen LogP contribution in [0, 0.1) is 5.82 Å². The highest BCUT2D eigenvalue weighted by atomic mass is 32.2. The van der Waals surface area contributed by atoms with E-state index in [0.29, 0.717) is 17.4 Å². The largest absolute Gasteiger partial charge is 0.339 e. The number of nitrogens with zero attached hydrogens (tertiary/aromatic N) is 5. The summed E-state index contributed by atoms with van der Waals surface area (Å²) >= 11 is 0. The third-order valence-corrected chi connectivity index (χ3v) is 5.73. The quantitative estimate of drug-likeness (QED) is 0.693. The molecule has 0 amide bonds. The lowest BCUT2D eigenvalue weighted by molar-refractivity contribution is 0.217. The van der Waals surface area contributed by atoms with Crippen LogP contribution in [0.1, 0.15) is 11.8 Å². The van der Waals surface area contributed by atoms with Crippen molar-refractivity contribution in [3.8, 4) is 11.5 Å². The average Bonchev–Trinajstić information content (AvgIpc) is 3.04. The lowest BCUT2D eigenvalue weighted by Gasteiger charge is -2.35. The summed E-state index contributed by atoms with van der Waals surface area (Å²) in [6.07, 6.45) is 4.57. The fourth-order valence-corrected chi connectivity index (χ4v) is 4.00. The number of sulfonamides is 1. The molecule has 10 heteroatoms. The molecule has 8 nitrogen and oxygen atoms in total. The molecule has 0 aliphatic carbocycles. The third-order valence-electron chi connectivity index (χ3n) is 3.88. The first-order chi connectivity index (χ1) is 12.0. The molecule has 0 atom stereocenters. The number of hydrogen-bond acceptors (Lipinski definition) is 7. The van der Waals surface area contributed by atoms with Crippen LogP contribution in [-0.4, -0.2) is 45.9 Å². The first kappa shape index (κ1) is 15.8. The minimum atomic E-state index is -3.65. The molecule has 1 aliphatic heterocycles. The summed E-state index contributed by atoms with van der Waals surface area (Å²) in [5, 5.41) is 3.85. The van der Waals surface area contributed by atoms with Gasteiger partial charge in [0.05, 0.1) is 17.0 Å². The van der Waals surface area contributed by atoms with Crippen LogP contribution in [0.5, 0.6) is 0 Å². The number of halogens is 1. The lowest BCUT2D eigenvalue weighted by Crippen LogP contribution is -2.48. The van der Waals surface area contributed by atoms with Crippen LogP contribution < -0.4 is 0 Å². The van der Waals surface area contributed by atoms with Crippen molar-refractivity contribution >= 4 is 10.0 Å². The Hall–Kier alpha value is -2.72. The Labute approximate surface area is 142 Å². The Bertz CT molecular complexity index is 986. The van der Waals surface area contributed by atoms with Crippen molar-refractivity contribution in [1.29, 1.82) is 0 Å². The van der Waals surface area contributed by atoms with Gasteiger partial charge in [0.15, 0.2) is 0 Å². The van der Waals surface area contributed by atoms with Gasteiger partial charge in [-0.3, -0.25) is 4.98 Å². The molecule has 1 saturated heterocycles. The third kappa shape index (κ3) is 2.89. The molecule has 3 heterocycles. The number of benzene rings is 1. The van der Waals surface area contributed by atoms with Gasteiger partial charge in [0.25, 0.3) is 0 Å². The van der Waals surface area contributed by atoms with Gasteiger partial charge in [-0.2, -0.15) is 9.29 Å². The summed E-state index contributed by atoms with van der Waals surface area (Å²) in [7, 11) is -3.65. The summed E-state index contributed by atoms with van der Waals surface area (Å²) < 4.78 is 44.3. The maximum Gasteiger partial charge on any atom is 0.243 e. The summed E-state index contributed by atoms with van der Waals surface area (Å²) in [6, 6.07) is 4.73. The Kier molecular flexibility index (Phi) is 3.77. The van der Waals surface area contributed by atoms with Crippen LogP contribution in [0.3, 0.4) is 0 Å². The lowest BCUT2D eigenvalue weighted by atomic mass is 10.0. The SMILES string of the molecule is O=S(=O)(c1ccc(F)cc1)N1CC(c2nc(-c3cnccn3)no2)C1. The standard InChI is InChI=1S/C15H12FN5O3S/c16-11-1-3-12(4-2-11)25(22,23)21-8-10(9-21)15-19-14(20-24-15)13-7-17-5-6-18-13/h1-7,10H,8-9H2. The Balaban J connectivity index is 1.47. The molecule has 1 fully saturated rings. The second-order valence-electron chi connectivity index (χ2n) is 5.52. The highest BCUT2D eigenvalue weighted by Gasteiger charge is 2.40. The molecular weight excluding hydrogens is 349 g/mol. The van der Waals surface area contributed by atoms with Crippen LogP contribution in [0.15, 0.2) is 52.3 Å². The van der Waals surface area contributed by atoms with Crippen LogP contribution in [-0.2, 0) is 10.0 Å². The first-order valence-electron chi connectivity index (χ1n) is 7.40. The Morgan fingerprint density at radius 1 is 1.16 bits per heavy atom. The van der Waals surface area contributed by atoms with E-state index in [0.717, 1.165) is 12.1 Å². The van der Waals surface area contributed by atoms with Gasteiger partial charge in [-0.15, -0.1) is 0 Å². The van der Waals surface area contributed by atoms with Crippen LogP contribution in [0.4, 0.5) is 4.39 Å². The Morgan fingerprint density at radius 2 is 1.92 bits per heavy atom. The van der Waals surface area contributed by atoms with E-state index in [1.54, 1.807) is 0 Å². The van der Waals surface area contributed by atoms with Crippen molar-refractivity contribution in [2.75, 3.05) is 13.1 Å². The number of rotatable bonds is 4. The summed E-state index contributed by atoms with van der Waals surface area (Å²) in [5.74, 6) is -0.00914. The van der Waals surface area contributed by atoms with Gasteiger partial charge in [-0.25, -0.2) is 17.8 Å². The monoisotopic (exact) mass is 361 g/mol. The van der Waals surface area contributed by atoms with Crippen molar-refractivity contribution in [1.82, 2.24) is 24.4 Å². The van der Waals surface area contributed by atoms with Gasteiger partial charge in [0.1, 0.15) is 11.5 Å². The molecule has 2 aromatic heterocycles. The molecule has 4 rings (SSSR count). The highest BCUT2D eigenvalue weighted by Crippen LogP contribution is 2.31. The summed E-state index contributed by atoms with van der Waals surface area (Å²) in [4.78, 5) is 12.3. The number of hydrogen-bond donors (Lipinski definition) is 0. The molecule has 0 radical (unpaired) electrons. The van der Waals surface area contributed by atoms with E-state index in [1.165, 1.54) is 35.0 Å². The normalized spacial score (nSPS) is 15.9. The predicted molar refractivity (Wildman–Crippen MR) is 83.2 cm³/mol. The van der Waals surface area contributed by atoms with E-state index in [4.69, 9.17) is 4.52 Å². The topological polar surface area (TPSA) is 102 Å². The molecule has 3 aromatic rings. The van der Waals surface area contributed by atoms with E-state index >= 15 is 0 Å². The minimum absolute atomic E-state index is 0.0538. The van der Waals surface area contributed by atoms with E-state index in [2.05, 4.69) is 20.1 Å². The molecule has 25 heavy (non-hydrogen) atoms. The molecule has 128 valence electrons. The van der Waals surface area contributed by atoms with Crippen molar-refractivity contribution < 1.29 is 17.3 Å². The zero-order chi connectivity index (χ0) is 17.4. The second kappa shape index (κ2) is 5.97. The summed E-state index contributed by atoms with van der Waals surface area (Å²) in [5.41, 5.74) is 0.479. The van der Waals surface area contributed by atoms with Crippen molar-refractivity contribution in [2.45, 2.75) is 10.8 Å². The molecule has 0 N–H and O–H groups in total. The van der Waals surface area contributed by atoms with Crippen molar-refractivity contribution in [2.24, 2.45) is 0 Å². The smallest absolute Gasteiger partial charge is 0.243 e. The van der Waals surface area contributed by atoms with Crippen LogP contribution in [0.2, 0.25) is 0 Å². The maximum atomic E-state index is 13.0. The van der Waals surface area contributed by atoms with E-state index in [1.807, 2.05) is 0 Å². The predicted octanol–water partition coefficient (Wildman–Crippen LogP) is 1.45. The highest BCUT2D eigenvalue weighted by molar-refractivity contribution is 7.89. The van der Waals surface area contributed by atoms with Gasteiger partial charge in [-0.1, -0.05) is 5.16 Å². The molecule has 0 spiro atoms. The van der Waals surface area contributed by atoms with Gasteiger partial charge in [0, 0.05) is 25.5 Å². The van der Waals surface area contributed by atoms with Gasteiger partial charge in [-0.05, 0) is 24.3 Å². The average molecular weight is 361 g/mol.